The Bertz CT molecular complexity index is 1890. The van der Waals surface area contributed by atoms with Gasteiger partial charge in [-0.2, -0.15) is 0 Å². The van der Waals surface area contributed by atoms with Gasteiger partial charge in [0.05, 0.1) is 0 Å². The monoisotopic (exact) mass is 564 g/mol. The number of hydrogen-bond acceptors (Lipinski definition) is 1. The summed E-state index contributed by atoms with van der Waals surface area (Å²) in [4.78, 5) is 15.0. The molecule has 0 aliphatic heterocycles. The van der Waals surface area contributed by atoms with Gasteiger partial charge in [0.1, 0.15) is 0 Å². The highest BCUT2D eigenvalue weighted by Crippen LogP contribution is 2.50. The summed E-state index contributed by atoms with van der Waals surface area (Å²) in [6, 6.07) is 54.6. The molecule has 0 spiro atoms. The molecule has 7 rings (SSSR count). The van der Waals surface area contributed by atoms with Gasteiger partial charge in [-0.25, -0.2) is 0 Å². The van der Waals surface area contributed by atoms with Crippen molar-refractivity contribution in [3.63, 3.8) is 0 Å². The second-order valence-electron chi connectivity index (χ2n) is 11.5. The number of hydrogen-bond donors (Lipinski definition) is 0. The van der Waals surface area contributed by atoms with Gasteiger partial charge >= 0.3 is 0 Å². The largest absolute Gasteiger partial charge is 0.289 e. The molecule has 0 aromatic heterocycles. The van der Waals surface area contributed by atoms with Crippen molar-refractivity contribution in [2.45, 2.75) is 13.8 Å². The lowest BCUT2D eigenvalue weighted by molar-refractivity contribution is -0.108. The number of rotatable bonds is 6. The second kappa shape index (κ2) is 11.6. The normalized spacial score (nSPS) is 13.1. The number of aryl methyl sites for hydroxylation is 2. The van der Waals surface area contributed by atoms with E-state index in [1.165, 1.54) is 11.1 Å². The minimum Gasteiger partial charge on any atom is -0.289 e. The van der Waals surface area contributed by atoms with Gasteiger partial charge in [0.2, 0.25) is 0 Å². The van der Waals surface area contributed by atoms with E-state index in [1.54, 1.807) is 0 Å². The fraction of sp³-hybridized carbons (Fsp3) is 0.0465. The van der Waals surface area contributed by atoms with Gasteiger partial charge in [-0.15, -0.1) is 0 Å². The molecule has 44 heavy (non-hydrogen) atoms. The molecule has 1 aliphatic carbocycles. The highest BCUT2D eigenvalue weighted by Gasteiger charge is 2.35. The molecule has 6 aromatic rings. The van der Waals surface area contributed by atoms with Crippen LogP contribution >= 0.6 is 0 Å². The van der Waals surface area contributed by atoms with Gasteiger partial charge in [0, 0.05) is 22.3 Å². The first-order valence-electron chi connectivity index (χ1n) is 15.1. The summed E-state index contributed by atoms with van der Waals surface area (Å²) in [6.07, 6.45) is 0. The number of ketones is 1. The molecule has 0 unspecified atom stereocenters. The van der Waals surface area contributed by atoms with Crippen LogP contribution in [-0.4, -0.2) is 5.78 Å². The van der Waals surface area contributed by atoms with Crippen molar-refractivity contribution < 1.29 is 4.79 Å². The van der Waals surface area contributed by atoms with Crippen molar-refractivity contribution in [2.75, 3.05) is 0 Å². The SMILES string of the molecule is Cc1ccc(C2=C(c3cccc(-c4ccccc4)c3)C(=O)C(c3cccc(-c4ccccc4)c3)=C2c2ccc(C)cc2)cc1. The van der Waals surface area contributed by atoms with E-state index in [2.05, 4.69) is 159 Å². The Morgan fingerprint density at radius 2 is 0.636 bits per heavy atom. The maximum atomic E-state index is 15.0. The molecular weight excluding hydrogens is 532 g/mol. The van der Waals surface area contributed by atoms with E-state index < -0.39 is 0 Å². The number of Topliss-reactive ketones (excluding diaryl/α,β-unsaturated/α-hetero) is 1. The maximum absolute atomic E-state index is 15.0. The third-order valence-corrected chi connectivity index (χ3v) is 8.40. The first kappa shape index (κ1) is 27.3. The Labute approximate surface area is 259 Å². The van der Waals surface area contributed by atoms with Gasteiger partial charge < -0.3 is 0 Å². The molecule has 0 amide bonds. The second-order valence-corrected chi connectivity index (χ2v) is 11.5. The van der Waals surface area contributed by atoms with E-state index in [9.17, 15) is 4.79 Å². The van der Waals surface area contributed by atoms with Gasteiger partial charge in [-0.1, -0.05) is 157 Å². The molecule has 1 nitrogen and oxygen atoms in total. The highest BCUT2D eigenvalue weighted by molar-refractivity contribution is 6.59. The molecule has 0 heterocycles. The Morgan fingerprint density at radius 1 is 0.295 bits per heavy atom. The predicted molar refractivity (Wildman–Crippen MR) is 185 cm³/mol. The summed E-state index contributed by atoms with van der Waals surface area (Å²) in [7, 11) is 0. The van der Waals surface area contributed by atoms with Crippen LogP contribution in [0.25, 0.3) is 44.5 Å². The van der Waals surface area contributed by atoms with Crippen LogP contribution in [0.5, 0.6) is 0 Å². The van der Waals surface area contributed by atoms with Crippen molar-refractivity contribution in [2.24, 2.45) is 0 Å². The molecular formula is C43H32O. The average Bonchev–Trinajstić information content (AvgIpc) is 3.39. The van der Waals surface area contributed by atoms with Crippen LogP contribution in [0.2, 0.25) is 0 Å². The van der Waals surface area contributed by atoms with E-state index in [1.807, 2.05) is 12.1 Å². The maximum Gasteiger partial charge on any atom is 0.195 e. The van der Waals surface area contributed by atoms with Crippen LogP contribution in [0.4, 0.5) is 0 Å². The van der Waals surface area contributed by atoms with Crippen LogP contribution in [0.1, 0.15) is 33.4 Å². The van der Waals surface area contributed by atoms with E-state index in [0.717, 1.165) is 66.8 Å². The Morgan fingerprint density at radius 3 is 1.02 bits per heavy atom. The van der Waals surface area contributed by atoms with Gasteiger partial charge in [-0.05, 0) is 70.5 Å². The quantitative estimate of drug-likeness (QED) is 0.197. The van der Waals surface area contributed by atoms with E-state index >= 15 is 0 Å². The summed E-state index contributed by atoms with van der Waals surface area (Å²) >= 11 is 0. The minimum absolute atomic E-state index is 0.0478. The number of carbonyl (C=O) groups is 1. The molecule has 1 aliphatic rings. The van der Waals surface area contributed by atoms with Gasteiger partial charge in [0.25, 0.3) is 0 Å². The standard InChI is InChI=1S/C43H32O/c1-29-19-23-33(24-20-29)39-40(34-25-21-30(2)22-26-34)42(38-18-10-16-36(28-38)32-13-7-4-8-14-32)43(44)41(39)37-17-9-15-35(27-37)31-11-5-3-6-12-31/h3-28H,1-2H3. The van der Waals surface area contributed by atoms with Crippen LogP contribution in [0.15, 0.2) is 158 Å². The average molecular weight is 565 g/mol. The van der Waals surface area contributed by atoms with Crippen molar-refractivity contribution in [3.8, 4) is 22.3 Å². The fourth-order valence-electron chi connectivity index (χ4n) is 6.14. The molecule has 1 heteroatoms. The van der Waals surface area contributed by atoms with E-state index in [0.29, 0.717) is 0 Å². The lowest BCUT2D eigenvalue weighted by Crippen LogP contribution is -2.02. The highest BCUT2D eigenvalue weighted by atomic mass is 16.1. The Balaban J connectivity index is 1.51. The zero-order valence-electron chi connectivity index (χ0n) is 24.9. The smallest absolute Gasteiger partial charge is 0.195 e. The molecule has 0 atom stereocenters. The first-order valence-corrected chi connectivity index (χ1v) is 15.1. The molecule has 0 N–H and O–H groups in total. The Hall–Kier alpha value is -5.53. The summed E-state index contributed by atoms with van der Waals surface area (Å²) < 4.78 is 0. The molecule has 0 bridgehead atoms. The van der Waals surface area contributed by atoms with Crippen molar-refractivity contribution in [1.82, 2.24) is 0 Å². The van der Waals surface area contributed by atoms with Crippen LogP contribution in [0.3, 0.4) is 0 Å². The topological polar surface area (TPSA) is 17.1 Å². The fourth-order valence-corrected chi connectivity index (χ4v) is 6.14. The lowest BCUT2D eigenvalue weighted by atomic mass is 9.88. The van der Waals surface area contributed by atoms with Crippen LogP contribution in [-0.2, 0) is 4.79 Å². The molecule has 210 valence electrons. The van der Waals surface area contributed by atoms with Gasteiger partial charge in [0.15, 0.2) is 5.78 Å². The van der Waals surface area contributed by atoms with Crippen LogP contribution in [0, 0.1) is 13.8 Å². The summed E-state index contributed by atoms with van der Waals surface area (Å²) in [6.45, 7) is 4.19. The summed E-state index contributed by atoms with van der Waals surface area (Å²) in [5.74, 6) is 0.0478. The molecule has 0 fully saturated rings. The number of allylic oxidation sites excluding steroid dienone is 4. The van der Waals surface area contributed by atoms with Crippen molar-refractivity contribution in [3.05, 3.63) is 191 Å². The lowest BCUT2D eigenvalue weighted by Gasteiger charge is -2.15. The van der Waals surface area contributed by atoms with Crippen molar-refractivity contribution in [1.29, 1.82) is 0 Å². The molecule has 0 saturated heterocycles. The predicted octanol–water partition coefficient (Wildman–Crippen LogP) is 10.7. The van der Waals surface area contributed by atoms with Crippen LogP contribution < -0.4 is 0 Å². The van der Waals surface area contributed by atoms with Gasteiger partial charge in [-0.3, -0.25) is 4.79 Å². The summed E-state index contributed by atoms with van der Waals surface area (Å²) in [5.41, 5.74) is 14.1. The molecule has 0 saturated carbocycles. The van der Waals surface area contributed by atoms with Crippen molar-refractivity contribution >= 4 is 28.1 Å². The molecule has 6 aromatic carbocycles. The molecule has 0 radical (unpaired) electrons. The summed E-state index contributed by atoms with van der Waals surface area (Å²) in [5, 5.41) is 0. The third kappa shape index (κ3) is 5.14. The number of benzene rings is 6. The Kier molecular flexibility index (Phi) is 7.22. The zero-order chi connectivity index (χ0) is 30.0. The minimum atomic E-state index is 0.0478. The van der Waals surface area contributed by atoms with E-state index in [4.69, 9.17) is 0 Å². The number of carbonyl (C=O) groups excluding carboxylic acids is 1. The first-order chi connectivity index (χ1) is 21.6. The van der Waals surface area contributed by atoms with E-state index in [-0.39, 0.29) is 5.78 Å². The zero-order valence-corrected chi connectivity index (χ0v) is 24.9. The third-order valence-electron chi connectivity index (χ3n) is 8.40.